The van der Waals surface area contributed by atoms with E-state index in [4.69, 9.17) is 5.21 Å². The molecule has 2 aliphatic carbocycles. The molecule has 6 nitrogen and oxygen atoms in total. The first-order chi connectivity index (χ1) is 14.5. The van der Waals surface area contributed by atoms with Crippen LogP contribution in [0.25, 0.3) is 6.08 Å². The van der Waals surface area contributed by atoms with Gasteiger partial charge in [0.1, 0.15) is 5.54 Å². The van der Waals surface area contributed by atoms with E-state index in [-0.39, 0.29) is 11.8 Å². The molecule has 0 bridgehead atoms. The minimum atomic E-state index is -0.867. The van der Waals surface area contributed by atoms with E-state index in [9.17, 15) is 14.7 Å². The number of carboxylic acid groups (broad SMARTS) is 1. The van der Waals surface area contributed by atoms with E-state index in [0.29, 0.717) is 12.5 Å². The standard InChI is InChI=1S/C24H34N2O4/c1-17-6-5-9-21(17)24(23(28)29,20-7-3-2-4-8-20)25-16-19-12-10-18(11-13-19)14-15-22(27)26-30/h10-15,17,20-21,25,30H,2-9,16H2,1H3,(H,26,27)(H,28,29)/b15-14+/t17?,21?,24-/m0/s1. The minimum absolute atomic E-state index is 0.164. The van der Waals surface area contributed by atoms with Gasteiger partial charge in [-0.15, -0.1) is 0 Å². The average molecular weight is 415 g/mol. The van der Waals surface area contributed by atoms with Crippen molar-refractivity contribution in [3.8, 4) is 0 Å². The number of hydrogen-bond donors (Lipinski definition) is 4. The highest BCUT2D eigenvalue weighted by Gasteiger charge is 2.53. The maximum atomic E-state index is 12.8. The number of nitrogens with one attached hydrogen (secondary N) is 2. The van der Waals surface area contributed by atoms with Gasteiger partial charge in [-0.3, -0.25) is 20.1 Å². The van der Waals surface area contributed by atoms with Crippen molar-refractivity contribution in [2.75, 3.05) is 0 Å². The van der Waals surface area contributed by atoms with E-state index in [0.717, 1.165) is 56.1 Å². The van der Waals surface area contributed by atoms with E-state index in [1.807, 2.05) is 24.3 Å². The van der Waals surface area contributed by atoms with Gasteiger partial charge in [-0.05, 0) is 54.2 Å². The molecule has 1 aromatic rings. The number of carbonyl (C=O) groups excluding carboxylic acids is 1. The summed E-state index contributed by atoms with van der Waals surface area (Å²) in [5.74, 6) is -0.514. The van der Waals surface area contributed by atoms with Crippen LogP contribution in [0, 0.1) is 17.8 Å². The highest BCUT2D eigenvalue weighted by atomic mass is 16.5. The molecule has 1 aromatic carbocycles. The van der Waals surface area contributed by atoms with Crippen LogP contribution in [0.3, 0.4) is 0 Å². The van der Waals surface area contributed by atoms with Crippen molar-refractivity contribution < 1.29 is 19.9 Å². The van der Waals surface area contributed by atoms with E-state index < -0.39 is 17.4 Å². The summed E-state index contributed by atoms with van der Waals surface area (Å²) >= 11 is 0. The number of carbonyl (C=O) groups is 2. The van der Waals surface area contributed by atoms with Crippen molar-refractivity contribution in [3.05, 3.63) is 41.5 Å². The molecule has 2 unspecified atom stereocenters. The van der Waals surface area contributed by atoms with Gasteiger partial charge in [0, 0.05) is 12.6 Å². The first-order valence-corrected chi connectivity index (χ1v) is 11.2. The van der Waals surface area contributed by atoms with Gasteiger partial charge in [-0.2, -0.15) is 0 Å². The van der Waals surface area contributed by atoms with E-state index in [2.05, 4.69) is 12.2 Å². The maximum Gasteiger partial charge on any atom is 0.324 e. The van der Waals surface area contributed by atoms with Crippen molar-refractivity contribution in [1.29, 1.82) is 0 Å². The first kappa shape index (κ1) is 22.5. The van der Waals surface area contributed by atoms with Crippen LogP contribution in [0.15, 0.2) is 30.3 Å². The summed E-state index contributed by atoms with van der Waals surface area (Å²) in [5.41, 5.74) is 2.55. The highest BCUT2D eigenvalue weighted by molar-refractivity contribution is 5.90. The minimum Gasteiger partial charge on any atom is -0.480 e. The second kappa shape index (κ2) is 10.2. The van der Waals surface area contributed by atoms with Crippen LogP contribution in [-0.2, 0) is 16.1 Å². The zero-order valence-corrected chi connectivity index (χ0v) is 17.8. The molecule has 0 aliphatic heterocycles. The SMILES string of the molecule is CC1CCCC1[C@](NCc1ccc(/C=C/C(=O)NO)cc1)(C(=O)O)C1CCCCC1. The zero-order chi connectivity index (χ0) is 21.6. The van der Waals surface area contributed by atoms with Gasteiger partial charge >= 0.3 is 5.97 Å². The molecule has 2 fully saturated rings. The molecule has 0 spiro atoms. The molecule has 2 saturated carbocycles. The second-order valence-corrected chi connectivity index (χ2v) is 8.93. The number of benzene rings is 1. The van der Waals surface area contributed by atoms with Crippen molar-refractivity contribution >= 4 is 18.0 Å². The Morgan fingerprint density at radius 3 is 2.33 bits per heavy atom. The lowest BCUT2D eigenvalue weighted by Gasteiger charge is -2.46. The molecule has 4 N–H and O–H groups in total. The Kier molecular flexibility index (Phi) is 7.67. The largest absolute Gasteiger partial charge is 0.480 e. The summed E-state index contributed by atoms with van der Waals surface area (Å²) in [7, 11) is 0. The van der Waals surface area contributed by atoms with Crippen LogP contribution in [-0.4, -0.2) is 27.7 Å². The molecule has 0 aromatic heterocycles. The Morgan fingerprint density at radius 2 is 1.77 bits per heavy atom. The van der Waals surface area contributed by atoms with Gasteiger partial charge in [-0.25, -0.2) is 5.48 Å². The quantitative estimate of drug-likeness (QED) is 0.291. The van der Waals surface area contributed by atoms with Crippen LogP contribution < -0.4 is 10.8 Å². The predicted octanol–water partition coefficient (Wildman–Crippen LogP) is 4.13. The fourth-order valence-corrected chi connectivity index (χ4v) is 5.57. The molecule has 3 atom stereocenters. The zero-order valence-electron chi connectivity index (χ0n) is 17.8. The summed E-state index contributed by atoms with van der Waals surface area (Å²) in [4.78, 5) is 23.9. The van der Waals surface area contributed by atoms with Gasteiger partial charge in [0.25, 0.3) is 5.91 Å². The smallest absolute Gasteiger partial charge is 0.324 e. The number of carboxylic acids is 1. The fraction of sp³-hybridized carbons (Fsp3) is 0.583. The van der Waals surface area contributed by atoms with Crippen LogP contribution in [0.5, 0.6) is 0 Å². The van der Waals surface area contributed by atoms with Crippen molar-refractivity contribution in [2.24, 2.45) is 17.8 Å². The molecule has 0 heterocycles. The number of hydroxylamine groups is 1. The van der Waals surface area contributed by atoms with E-state index >= 15 is 0 Å². The van der Waals surface area contributed by atoms with Gasteiger partial charge < -0.3 is 5.11 Å². The van der Waals surface area contributed by atoms with E-state index in [1.54, 1.807) is 11.6 Å². The number of rotatable bonds is 8. The van der Waals surface area contributed by atoms with Crippen LogP contribution >= 0.6 is 0 Å². The topological polar surface area (TPSA) is 98.7 Å². The van der Waals surface area contributed by atoms with Gasteiger partial charge in [0.2, 0.25) is 0 Å². The molecule has 6 heteroatoms. The Hall–Kier alpha value is -2.18. The normalized spacial score (nSPS) is 24.6. The molecule has 3 rings (SSSR count). The maximum absolute atomic E-state index is 12.8. The fourth-order valence-electron chi connectivity index (χ4n) is 5.57. The van der Waals surface area contributed by atoms with Gasteiger partial charge in [0.05, 0.1) is 0 Å². The molecule has 1 amide bonds. The third-order valence-electron chi connectivity index (χ3n) is 7.15. The van der Waals surface area contributed by atoms with Gasteiger partial charge in [-0.1, -0.05) is 63.3 Å². The van der Waals surface area contributed by atoms with Gasteiger partial charge in [0.15, 0.2) is 0 Å². The van der Waals surface area contributed by atoms with E-state index in [1.165, 1.54) is 12.5 Å². The first-order valence-electron chi connectivity index (χ1n) is 11.2. The van der Waals surface area contributed by atoms with Crippen LogP contribution in [0.2, 0.25) is 0 Å². The second-order valence-electron chi connectivity index (χ2n) is 8.93. The van der Waals surface area contributed by atoms with Crippen molar-refractivity contribution in [2.45, 2.75) is 70.4 Å². The highest BCUT2D eigenvalue weighted by Crippen LogP contribution is 2.46. The third-order valence-corrected chi connectivity index (χ3v) is 7.15. The van der Waals surface area contributed by atoms with Crippen molar-refractivity contribution in [3.63, 3.8) is 0 Å². The molecule has 30 heavy (non-hydrogen) atoms. The summed E-state index contributed by atoms with van der Waals surface area (Å²) in [6, 6.07) is 7.68. The Morgan fingerprint density at radius 1 is 1.07 bits per heavy atom. The summed E-state index contributed by atoms with van der Waals surface area (Å²) in [6.45, 7) is 2.72. The molecule has 0 saturated heterocycles. The Bertz CT molecular complexity index is 755. The lowest BCUT2D eigenvalue weighted by molar-refractivity contribution is -0.153. The molecule has 2 aliphatic rings. The molecule has 0 radical (unpaired) electrons. The summed E-state index contributed by atoms with van der Waals surface area (Å²) in [5, 5.41) is 22.6. The molecular weight excluding hydrogens is 380 g/mol. The molecular formula is C24H34N2O4. The van der Waals surface area contributed by atoms with Crippen molar-refractivity contribution in [1.82, 2.24) is 10.8 Å². The number of aliphatic carboxylic acids is 1. The molecule has 164 valence electrons. The monoisotopic (exact) mass is 414 g/mol. The summed E-state index contributed by atoms with van der Waals surface area (Å²) < 4.78 is 0. The number of amides is 1. The lowest BCUT2D eigenvalue weighted by Crippen LogP contribution is -2.63. The average Bonchev–Trinajstić information content (AvgIpc) is 3.20. The van der Waals surface area contributed by atoms with Crippen LogP contribution in [0.4, 0.5) is 0 Å². The lowest BCUT2D eigenvalue weighted by atomic mass is 9.65. The predicted molar refractivity (Wildman–Crippen MR) is 116 cm³/mol. The van der Waals surface area contributed by atoms with Crippen LogP contribution in [0.1, 0.15) is 69.4 Å². The number of hydrogen-bond acceptors (Lipinski definition) is 4. The Balaban J connectivity index is 1.78. The Labute approximate surface area is 178 Å². The summed E-state index contributed by atoms with van der Waals surface area (Å²) in [6.07, 6.45) is 11.5. The third kappa shape index (κ3) is 4.93.